The number of hydrogen-bond donors (Lipinski definition) is 0. The van der Waals surface area contributed by atoms with Crippen LogP contribution in [0.15, 0.2) is 0 Å². The van der Waals surface area contributed by atoms with E-state index in [1.807, 2.05) is 0 Å². The van der Waals surface area contributed by atoms with Crippen molar-refractivity contribution in [2.24, 2.45) is 0 Å². The molecule has 0 spiro atoms. The zero-order valence-electron chi connectivity index (χ0n) is 9.64. The second-order valence-corrected chi connectivity index (χ2v) is 5.98. The van der Waals surface area contributed by atoms with Crippen LogP contribution in [0.1, 0.15) is 6.92 Å². The summed E-state index contributed by atoms with van der Waals surface area (Å²) < 4.78 is 29.2. The molecule has 0 aromatic rings. The number of piperazine rings is 1. The Morgan fingerprint density at radius 3 is 2.20 bits per heavy atom. The largest absolute Gasteiger partial charge is 0.383 e. The van der Waals surface area contributed by atoms with Gasteiger partial charge in [0, 0.05) is 39.3 Å². The Balaban J connectivity index is 2.42. The van der Waals surface area contributed by atoms with Crippen LogP contribution in [-0.4, -0.2) is 69.8 Å². The first kappa shape index (κ1) is 12.9. The molecule has 1 saturated heterocycles. The SMILES string of the molecule is COCC(C)N1CCN(S(C)(=O)=O)CC1. The molecule has 0 radical (unpaired) electrons. The Bertz CT molecular complexity index is 284. The topological polar surface area (TPSA) is 49.9 Å². The van der Waals surface area contributed by atoms with E-state index in [4.69, 9.17) is 4.74 Å². The summed E-state index contributed by atoms with van der Waals surface area (Å²) in [7, 11) is -1.33. The van der Waals surface area contributed by atoms with Crippen molar-refractivity contribution in [1.82, 2.24) is 9.21 Å². The van der Waals surface area contributed by atoms with Crippen LogP contribution in [0.5, 0.6) is 0 Å². The predicted octanol–water partition coefficient (Wildman–Crippen LogP) is -0.401. The molecular formula is C9H20N2O3S. The van der Waals surface area contributed by atoms with Crippen LogP contribution in [0.25, 0.3) is 0 Å². The third kappa shape index (κ3) is 3.71. The quantitative estimate of drug-likeness (QED) is 0.666. The molecule has 6 heteroatoms. The van der Waals surface area contributed by atoms with Gasteiger partial charge in [0.25, 0.3) is 0 Å². The molecule has 1 atom stereocenters. The van der Waals surface area contributed by atoms with Crippen LogP contribution in [0.2, 0.25) is 0 Å². The molecule has 1 unspecified atom stereocenters. The molecule has 0 aromatic heterocycles. The highest BCUT2D eigenvalue weighted by Crippen LogP contribution is 2.09. The van der Waals surface area contributed by atoms with Crippen LogP contribution in [0, 0.1) is 0 Å². The lowest BCUT2D eigenvalue weighted by atomic mass is 10.2. The van der Waals surface area contributed by atoms with Crippen molar-refractivity contribution in [2.75, 3.05) is 46.2 Å². The Morgan fingerprint density at radius 1 is 1.27 bits per heavy atom. The highest BCUT2D eigenvalue weighted by Gasteiger charge is 2.25. The van der Waals surface area contributed by atoms with Gasteiger partial charge in [0.15, 0.2) is 0 Å². The fourth-order valence-corrected chi connectivity index (χ4v) is 2.65. The Hall–Kier alpha value is -0.170. The second-order valence-electron chi connectivity index (χ2n) is 4.00. The van der Waals surface area contributed by atoms with Gasteiger partial charge in [0.1, 0.15) is 0 Å². The van der Waals surface area contributed by atoms with E-state index >= 15 is 0 Å². The summed E-state index contributed by atoms with van der Waals surface area (Å²) in [6.45, 7) is 5.55. The van der Waals surface area contributed by atoms with Gasteiger partial charge in [-0.1, -0.05) is 0 Å². The third-order valence-corrected chi connectivity index (χ3v) is 4.08. The maximum absolute atomic E-state index is 11.3. The molecular weight excluding hydrogens is 216 g/mol. The molecule has 90 valence electrons. The summed E-state index contributed by atoms with van der Waals surface area (Å²) in [6.07, 6.45) is 1.27. The van der Waals surface area contributed by atoms with Gasteiger partial charge in [-0.3, -0.25) is 4.90 Å². The third-order valence-electron chi connectivity index (χ3n) is 2.77. The number of ether oxygens (including phenoxy) is 1. The zero-order valence-corrected chi connectivity index (χ0v) is 10.5. The highest BCUT2D eigenvalue weighted by atomic mass is 32.2. The van der Waals surface area contributed by atoms with Gasteiger partial charge >= 0.3 is 0 Å². The van der Waals surface area contributed by atoms with E-state index in [2.05, 4.69) is 11.8 Å². The van der Waals surface area contributed by atoms with E-state index < -0.39 is 10.0 Å². The minimum Gasteiger partial charge on any atom is -0.383 e. The standard InChI is InChI=1S/C9H20N2O3S/c1-9(8-14-2)10-4-6-11(7-5-10)15(3,12)13/h9H,4-8H2,1-3H3. The van der Waals surface area contributed by atoms with Crippen molar-refractivity contribution in [2.45, 2.75) is 13.0 Å². The zero-order chi connectivity index (χ0) is 11.5. The smallest absolute Gasteiger partial charge is 0.211 e. The molecule has 1 rings (SSSR count). The van der Waals surface area contributed by atoms with Gasteiger partial charge in [-0.25, -0.2) is 8.42 Å². The molecule has 1 fully saturated rings. The normalized spacial score (nSPS) is 22.9. The Kier molecular flexibility index (Phi) is 4.51. The van der Waals surface area contributed by atoms with E-state index in [-0.39, 0.29) is 0 Å². The van der Waals surface area contributed by atoms with Gasteiger partial charge in [0.2, 0.25) is 10.0 Å². The molecule has 0 aromatic carbocycles. The molecule has 0 aliphatic carbocycles. The monoisotopic (exact) mass is 236 g/mol. The van der Waals surface area contributed by atoms with Gasteiger partial charge in [-0.15, -0.1) is 0 Å². The maximum Gasteiger partial charge on any atom is 0.211 e. The average molecular weight is 236 g/mol. The van der Waals surface area contributed by atoms with E-state index in [0.29, 0.717) is 25.7 Å². The van der Waals surface area contributed by atoms with Crippen molar-refractivity contribution in [3.8, 4) is 0 Å². The number of rotatable bonds is 4. The Labute approximate surface area is 92.0 Å². The van der Waals surface area contributed by atoms with Gasteiger partial charge in [-0.05, 0) is 6.92 Å². The number of sulfonamides is 1. The summed E-state index contributed by atoms with van der Waals surface area (Å²) in [5, 5.41) is 0. The molecule has 0 saturated carbocycles. The van der Waals surface area contributed by atoms with Crippen LogP contribution < -0.4 is 0 Å². The fourth-order valence-electron chi connectivity index (χ4n) is 1.82. The van der Waals surface area contributed by atoms with E-state index in [1.165, 1.54) is 10.6 Å². The Morgan fingerprint density at radius 2 is 1.80 bits per heavy atom. The molecule has 15 heavy (non-hydrogen) atoms. The van der Waals surface area contributed by atoms with E-state index in [9.17, 15) is 8.42 Å². The van der Waals surface area contributed by atoms with E-state index in [1.54, 1.807) is 7.11 Å². The van der Waals surface area contributed by atoms with Crippen molar-refractivity contribution in [3.63, 3.8) is 0 Å². The van der Waals surface area contributed by atoms with Crippen molar-refractivity contribution < 1.29 is 13.2 Å². The molecule has 1 aliphatic rings. The predicted molar refractivity (Wildman–Crippen MR) is 59.3 cm³/mol. The average Bonchev–Trinajstić information content (AvgIpc) is 2.17. The molecule has 5 nitrogen and oxygen atoms in total. The maximum atomic E-state index is 11.3. The van der Waals surface area contributed by atoms with Crippen molar-refractivity contribution >= 4 is 10.0 Å². The van der Waals surface area contributed by atoms with Gasteiger partial charge < -0.3 is 4.74 Å². The van der Waals surface area contributed by atoms with Gasteiger partial charge in [0.05, 0.1) is 12.9 Å². The van der Waals surface area contributed by atoms with E-state index in [0.717, 1.165) is 13.1 Å². The van der Waals surface area contributed by atoms with Crippen molar-refractivity contribution in [1.29, 1.82) is 0 Å². The number of hydrogen-bond acceptors (Lipinski definition) is 4. The first-order valence-corrected chi connectivity index (χ1v) is 6.98. The summed E-state index contributed by atoms with van der Waals surface area (Å²) in [5.41, 5.74) is 0. The van der Waals surface area contributed by atoms with Crippen molar-refractivity contribution in [3.05, 3.63) is 0 Å². The highest BCUT2D eigenvalue weighted by molar-refractivity contribution is 7.88. The lowest BCUT2D eigenvalue weighted by Gasteiger charge is -2.36. The summed E-state index contributed by atoms with van der Waals surface area (Å²) in [4.78, 5) is 2.26. The molecule has 1 heterocycles. The minimum atomic E-state index is -3.01. The molecule has 0 amide bonds. The first-order valence-electron chi connectivity index (χ1n) is 5.13. The molecule has 1 aliphatic heterocycles. The van der Waals surface area contributed by atoms with Crippen LogP contribution in [-0.2, 0) is 14.8 Å². The lowest BCUT2D eigenvalue weighted by Crippen LogP contribution is -2.51. The summed E-state index contributed by atoms with van der Waals surface area (Å²) in [6, 6.07) is 0.358. The molecule has 0 N–H and O–H groups in total. The lowest BCUT2D eigenvalue weighted by molar-refractivity contribution is 0.0768. The summed E-state index contributed by atoms with van der Waals surface area (Å²) in [5.74, 6) is 0. The first-order chi connectivity index (χ1) is 6.95. The number of nitrogens with zero attached hydrogens (tertiary/aromatic N) is 2. The molecule has 0 bridgehead atoms. The summed E-state index contributed by atoms with van der Waals surface area (Å²) >= 11 is 0. The van der Waals surface area contributed by atoms with Crippen LogP contribution >= 0.6 is 0 Å². The van der Waals surface area contributed by atoms with Crippen LogP contribution in [0.3, 0.4) is 0 Å². The van der Waals surface area contributed by atoms with Crippen LogP contribution in [0.4, 0.5) is 0 Å². The number of methoxy groups -OCH3 is 1. The van der Waals surface area contributed by atoms with Gasteiger partial charge in [-0.2, -0.15) is 4.31 Å². The minimum absolute atomic E-state index is 0.358. The fraction of sp³-hybridized carbons (Fsp3) is 1.00. The second kappa shape index (κ2) is 5.25.